The Morgan fingerprint density at radius 1 is 1.11 bits per heavy atom. The highest BCUT2D eigenvalue weighted by molar-refractivity contribution is 6.39. The van der Waals surface area contributed by atoms with Crippen LogP contribution in [-0.4, -0.2) is 84.2 Å². The first-order valence-corrected chi connectivity index (χ1v) is 16.6. The second-order valence-electron chi connectivity index (χ2n) is 12.8. The van der Waals surface area contributed by atoms with Gasteiger partial charge in [-0.2, -0.15) is 0 Å². The summed E-state index contributed by atoms with van der Waals surface area (Å²) in [7, 11) is 0. The van der Waals surface area contributed by atoms with E-state index in [1.165, 1.54) is 0 Å². The van der Waals surface area contributed by atoms with Gasteiger partial charge in [0.1, 0.15) is 11.7 Å². The molecule has 0 bridgehead atoms. The number of H-pyrrole nitrogens is 1. The number of hydrogen-bond acceptors (Lipinski definition) is 6. The number of nitrogens with one attached hydrogen (secondary N) is 4. The average molecular weight is 663 g/mol. The number of Topliss-reactive ketones (excluding diaryl/α,β-unsaturated/α-hetero) is 1. The van der Waals surface area contributed by atoms with Crippen LogP contribution in [0.3, 0.4) is 0 Å². The van der Waals surface area contributed by atoms with Gasteiger partial charge in [-0.05, 0) is 68.1 Å². The molecule has 1 saturated carbocycles. The number of aromatic amines is 1. The standard InChI is InChI=1S/C32H41Cl2N5O6/c1-17(2)16-45-11-10-36-31(43)28(40)24(7-6-18-8-9-35-29(18)41)38-30(42)27-21-5-3-4-19(21)15-39(27)32(44)26-14-22-23(34)12-20(33)13-25(22)37-26/h12-14,17-19,21,24,27,37H,3-11,15-16H2,1-2H3,(H,35,41)(H,36,43)(H,38,42)/t18-,19+,21+,24+,27+/m1/s1. The van der Waals surface area contributed by atoms with Crippen molar-refractivity contribution in [2.24, 2.45) is 23.7 Å². The summed E-state index contributed by atoms with van der Waals surface area (Å²) in [4.78, 5) is 71.1. The summed E-state index contributed by atoms with van der Waals surface area (Å²) in [6.07, 6.45) is 3.70. The molecular formula is C32H41Cl2N5O6. The highest BCUT2D eigenvalue weighted by Gasteiger charge is 2.50. The van der Waals surface area contributed by atoms with Crippen LogP contribution in [0.5, 0.6) is 0 Å². The second kappa shape index (κ2) is 14.5. The van der Waals surface area contributed by atoms with Crippen LogP contribution in [0, 0.1) is 23.7 Å². The highest BCUT2D eigenvalue weighted by Crippen LogP contribution is 2.43. The lowest BCUT2D eigenvalue weighted by atomic mass is 9.92. The number of amides is 4. The molecule has 3 aliphatic rings. The zero-order valence-electron chi connectivity index (χ0n) is 25.6. The summed E-state index contributed by atoms with van der Waals surface area (Å²) < 4.78 is 5.49. The van der Waals surface area contributed by atoms with Gasteiger partial charge in [0.05, 0.1) is 17.7 Å². The van der Waals surface area contributed by atoms with Gasteiger partial charge < -0.3 is 30.6 Å². The maximum Gasteiger partial charge on any atom is 0.289 e. The molecule has 0 radical (unpaired) electrons. The van der Waals surface area contributed by atoms with Gasteiger partial charge in [0.15, 0.2) is 0 Å². The van der Waals surface area contributed by atoms with E-state index in [1.54, 1.807) is 23.1 Å². The summed E-state index contributed by atoms with van der Waals surface area (Å²) >= 11 is 12.5. The van der Waals surface area contributed by atoms with E-state index in [9.17, 15) is 24.0 Å². The Morgan fingerprint density at radius 2 is 1.91 bits per heavy atom. The van der Waals surface area contributed by atoms with Crippen LogP contribution in [0.2, 0.25) is 10.0 Å². The van der Waals surface area contributed by atoms with E-state index in [1.807, 2.05) is 13.8 Å². The van der Waals surface area contributed by atoms with E-state index in [4.69, 9.17) is 27.9 Å². The first kappa shape index (κ1) is 33.2. The molecule has 3 heterocycles. The molecule has 0 unspecified atom stereocenters. The third-order valence-corrected chi connectivity index (χ3v) is 9.64. The lowest BCUT2D eigenvalue weighted by Gasteiger charge is -2.28. The second-order valence-corrected chi connectivity index (χ2v) is 13.6. The lowest BCUT2D eigenvalue weighted by molar-refractivity contribution is -0.140. The molecule has 244 valence electrons. The average Bonchev–Trinajstić information content (AvgIpc) is 3.78. The molecule has 4 N–H and O–H groups in total. The number of ketones is 1. The monoisotopic (exact) mass is 661 g/mol. The smallest absolute Gasteiger partial charge is 0.289 e. The van der Waals surface area contributed by atoms with E-state index in [0.29, 0.717) is 59.4 Å². The molecule has 1 aliphatic carbocycles. The van der Waals surface area contributed by atoms with Crippen molar-refractivity contribution in [3.05, 3.63) is 33.9 Å². The van der Waals surface area contributed by atoms with Gasteiger partial charge in [-0.3, -0.25) is 24.0 Å². The number of rotatable bonds is 13. The summed E-state index contributed by atoms with van der Waals surface area (Å²) in [5.41, 5.74) is 0.893. The fourth-order valence-corrected chi connectivity index (χ4v) is 7.44. The number of ether oxygens (including phenoxy) is 1. The third kappa shape index (κ3) is 7.64. The predicted octanol–water partition coefficient (Wildman–Crippen LogP) is 3.47. The summed E-state index contributed by atoms with van der Waals surface area (Å²) in [6, 6.07) is 2.99. The molecule has 4 amide bonds. The number of halogens is 2. The lowest BCUT2D eigenvalue weighted by Crippen LogP contribution is -2.55. The SMILES string of the molecule is CC(C)COCCNC(=O)C(=O)[C@H](CC[C@@H]1CCNC1=O)NC(=O)[C@@H]1[C@H]2CCC[C@H]2CN1C(=O)c1cc2c(Cl)cc(Cl)cc2[nH]1. The van der Waals surface area contributed by atoms with E-state index in [0.717, 1.165) is 19.3 Å². The molecule has 13 heteroatoms. The zero-order chi connectivity index (χ0) is 32.2. The minimum atomic E-state index is -1.14. The van der Waals surface area contributed by atoms with Crippen molar-refractivity contribution in [2.45, 2.75) is 64.5 Å². The Morgan fingerprint density at radius 3 is 2.64 bits per heavy atom. The van der Waals surface area contributed by atoms with Crippen molar-refractivity contribution in [1.82, 2.24) is 25.8 Å². The van der Waals surface area contributed by atoms with E-state index < -0.39 is 29.7 Å². The molecule has 5 rings (SSSR count). The summed E-state index contributed by atoms with van der Waals surface area (Å²) in [5, 5.41) is 9.69. The molecule has 11 nitrogen and oxygen atoms in total. The Balaban J connectivity index is 1.32. The molecule has 3 fully saturated rings. The van der Waals surface area contributed by atoms with Gasteiger partial charge in [0, 0.05) is 48.1 Å². The van der Waals surface area contributed by atoms with Crippen LogP contribution in [0.15, 0.2) is 18.2 Å². The summed E-state index contributed by atoms with van der Waals surface area (Å²) in [6.45, 7) is 5.92. The third-order valence-electron chi connectivity index (χ3n) is 9.11. The van der Waals surface area contributed by atoms with Gasteiger partial charge in [0.25, 0.3) is 11.8 Å². The molecular weight excluding hydrogens is 621 g/mol. The van der Waals surface area contributed by atoms with Gasteiger partial charge in [0.2, 0.25) is 17.6 Å². The van der Waals surface area contributed by atoms with Gasteiger partial charge in [-0.15, -0.1) is 0 Å². The number of hydrogen-bond donors (Lipinski definition) is 4. The van der Waals surface area contributed by atoms with E-state index >= 15 is 0 Å². The summed E-state index contributed by atoms with van der Waals surface area (Å²) in [5.74, 6) is -2.41. The molecule has 2 aliphatic heterocycles. The van der Waals surface area contributed by atoms with Gasteiger partial charge in [-0.25, -0.2) is 0 Å². The fraction of sp³-hybridized carbons (Fsp3) is 0.594. The van der Waals surface area contributed by atoms with Crippen molar-refractivity contribution in [3.63, 3.8) is 0 Å². The normalized spacial score (nSPS) is 23.3. The van der Waals surface area contributed by atoms with E-state index in [-0.39, 0.29) is 54.8 Å². The van der Waals surface area contributed by atoms with E-state index in [2.05, 4.69) is 20.9 Å². The number of carbonyl (C=O) groups excluding carboxylic acids is 5. The number of nitrogens with zero attached hydrogens (tertiary/aromatic N) is 1. The first-order valence-electron chi connectivity index (χ1n) is 15.8. The number of fused-ring (bicyclic) bond motifs is 2. The van der Waals surface area contributed by atoms with Crippen molar-refractivity contribution in [2.75, 3.05) is 32.8 Å². The topological polar surface area (TPSA) is 150 Å². The number of likely N-dealkylation sites (tertiary alicyclic amines) is 1. The highest BCUT2D eigenvalue weighted by atomic mass is 35.5. The van der Waals surface area contributed by atoms with Crippen molar-refractivity contribution in [1.29, 1.82) is 0 Å². The van der Waals surface area contributed by atoms with Crippen molar-refractivity contribution in [3.8, 4) is 0 Å². The zero-order valence-corrected chi connectivity index (χ0v) is 27.1. The van der Waals surface area contributed by atoms with Crippen LogP contribution in [-0.2, 0) is 23.9 Å². The maximum atomic E-state index is 14.0. The minimum absolute atomic E-state index is 0.0698. The van der Waals surface area contributed by atoms with Crippen molar-refractivity contribution < 1.29 is 28.7 Å². The molecule has 2 aromatic rings. The van der Waals surface area contributed by atoms with Crippen LogP contribution in [0.4, 0.5) is 0 Å². The quantitative estimate of drug-likeness (QED) is 0.191. The van der Waals surface area contributed by atoms with Crippen LogP contribution in [0.1, 0.15) is 62.9 Å². The van der Waals surface area contributed by atoms with Crippen LogP contribution in [0.25, 0.3) is 10.9 Å². The largest absolute Gasteiger partial charge is 0.379 e. The molecule has 45 heavy (non-hydrogen) atoms. The van der Waals surface area contributed by atoms with Crippen LogP contribution >= 0.6 is 23.2 Å². The van der Waals surface area contributed by atoms with Crippen molar-refractivity contribution >= 4 is 63.5 Å². The molecule has 5 atom stereocenters. The first-order chi connectivity index (χ1) is 21.5. The number of carbonyl (C=O) groups is 5. The molecule has 1 aromatic carbocycles. The maximum absolute atomic E-state index is 14.0. The Labute approximate surface area is 272 Å². The Kier molecular flexibility index (Phi) is 10.7. The fourth-order valence-electron chi connectivity index (χ4n) is 6.90. The number of benzene rings is 1. The Bertz CT molecular complexity index is 1460. The van der Waals surface area contributed by atoms with Gasteiger partial charge >= 0.3 is 0 Å². The minimum Gasteiger partial charge on any atom is -0.379 e. The molecule has 1 aromatic heterocycles. The van der Waals surface area contributed by atoms with Gasteiger partial charge in [-0.1, -0.05) is 43.5 Å². The molecule has 0 spiro atoms. The predicted molar refractivity (Wildman–Crippen MR) is 170 cm³/mol. The molecule has 2 saturated heterocycles. The number of aromatic nitrogens is 1. The van der Waals surface area contributed by atoms with Crippen LogP contribution < -0.4 is 16.0 Å². The Hall–Kier alpha value is -3.15.